The number of aryl methyl sites for hydroxylation is 1. The van der Waals surface area contributed by atoms with Gasteiger partial charge in [0, 0.05) is 13.1 Å². The van der Waals surface area contributed by atoms with Gasteiger partial charge in [0.1, 0.15) is 17.3 Å². The molecule has 6 nitrogen and oxygen atoms in total. The summed E-state index contributed by atoms with van der Waals surface area (Å²) in [5.74, 6) is 3.08. The lowest BCUT2D eigenvalue weighted by Crippen LogP contribution is -2.46. The van der Waals surface area contributed by atoms with E-state index in [1.165, 1.54) is 0 Å². The van der Waals surface area contributed by atoms with Gasteiger partial charge in [0.05, 0.1) is 13.7 Å². The molecule has 1 atom stereocenters. The van der Waals surface area contributed by atoms with Gasteiger partial charge in [-0.15, -0.1) is 0 Å². The van der Waals surface area contributed by atoms with Crippen LogP contribution in [0.5, 0.6) is 11.5 Å². The molecule has 0 saturated heterocycles. The molecule has 29 heavy (non-hydrogen) atoms. The van der Waals surface area contributed by atoms with Gasteiger partial charge in [-0.1, -0.05) is 25.1 Å². The summed E-state index contributed by atoms with van der Waals surface area (Å²) in [6, 6.07) is 14.3. The minimum atomic E-state index is -0.785. The fraction of sp³-hybridized carbons (Fsp3) is 0.391. The zero-order valence-corrected chi connectivity index (χ0v) is 17.3. The Morgan fingerprint density at radius 2 is 2.00 bits per heavy atom. The van der Waals surface area contributed by atoms with Crippen molar-refractivity contribution < 1.29 is 9.47 Å². The first-order valence-corrected chi connectivity index (χ1v) is 10.2. The number of hydrogen-bond donors (Lipinski definition) is 1. The number of methoxy groups -OCH3 is 1. The smallest absolute Gasteiger partial charge is 0.198 e. The first-order chi connectivity index (χ1) is 14.1. The Labute approximate surface area is 172 Å². The molecule has 4 rings (SSSR count). The third-order valence-corrected chi connectivity index (χ3v) is 5.48. The summed E-state index contributed by atoms with van der Waals surface area (Å²) in [6.07, 6.45) is 1.93. The van der Waals surface area contributed by atoms with Crippen LogP contribution in [0.25, 0.3) is 0 Å². The molecule has 0 radical (unpaired) electrons. The number of rotatable bonds is 6. The summed E-state index contributed by atoms with van der Waals surface area (Å²) in [5, 5.41) is 0. The van der Waals surface area contributed by atoms with Gasteiger partial charge in [-0.3, -0.25) is 9.89 Å². The first-order valence-electron chi connectivity index (χ1n) is 10.2. The Hall–Kier alpha value is -3.02. The van der Waals surface area contributed by atoms with Crippen LogP contribution in [-0.4, -0.2) is 43.5 Å². The first kappa shape index (κ1) is 19.3. The van der Waals surface area contributed by atoms with E-state index in [-0.39, 0.29) is 0 Å². The Bertz CT molecular complexity index is 969. The number of nitrogens with zero attached hydrogens (tertiary/aromatic N) is 3. The van der Waals surface area contributed by atoms with E-state index < -0.39 is 5.54 Å². The number of hydrogen-bond acceptors (Lipinski definition) is 6. The monoisotopic (exact) mass is 392 g/mol. The van der Waals surface area contributed by atoms with E-state index in [0.29, 0.717) is 12.6 Å². The molecule has 6 heteroatoms. The van der Waals surface area contributed by atoms with Gasteiger partial charge in [0.15, 0.2) is 11.5 Å². The van der Waals surface area contributed by atoms with Crippen LogP contribution in [0.3, 0.4) is 0 Å². The number of fused-ring (bicyclic) bond motifs is 1. The van der Waals surface area contributed by atoms with Gasteiger partial charge in [-0.25, -0.2) is 4.99 Å². The fourth-order valence-corrected chi connectivity index (χ4v) is 4.11. The number of aliphatic imine (C=N–C) groups is 2. The Balaban J connectivity index is 1.92. The van der Waals surface area contributed by atoms with E-state index in [0.717, 1.165) is 60.0 Å². The normalized spacial score (nSPS) is 20.7. The van der Waals surface area contributed by atoms with Crippen molar-refractivity contribution in [2.45, 2.75) is 32.2 Å². The largest absolute Gasteiger partial charge is 0.496 e. The minimum absolute atomic E-state index is 0.511. The van der Waals surface area contributed by atoms with Gasteiger partial charge in [-0.2, -0.15) is 0 Å². The number of ether oxygens (including phenoxy) is 2. The van der Waals surface area contributed by atoms with Crippen molar-refractivity contribution in [1.29, 1.82) is 0 Å². The van der Waals surface area contributed by atoms with Crippen molar-refractivity contribution in [3.8, 4) is 11.5 Å². The van der Waals surface area contributed by atoms with Crippen molar-refractivity contribution >= 4 is 11.8 Å². The molecule has 2 heterocycles. The predicted molar refractivity (Wildman–Crippen MR) is 116 cm³/mol. The van der Waals surface area contributed by atoms with Crippen molar-refractivity contribution in [3.05, 3.63) is 59.2 Å². The summed E-state index contributed by atoms with van der Waals surface area (Å²) in [5.41, 5.74) is 8.68. The van der Waals surface area contributed by atoms with E-state index in [4.69, 9.17) is 25.2 Å². The molecule has 2 aromatic rings. The molecular weight excluding hydrogens is 364 g/mol. The molecule has 1 unspecified atom stereocenters. The zero-order valence-electron chi connectivity index (χ0n) is 17.3. The molecule has 0 amide bonds. The predicted octanol–water partition coefficient (Wildman–Crippen LogP) is 3.47. The Kier molecular flexibility index (Phi) is 5.18. The SMILES string of the molecule is CCCOc1cccc(C2(c3ccc(OC)c(C)c3)N=C(N)N3CCCN=C32)c1. The molecule has 0 aromatic heterocycles. The highest BCUT2D eigenvalue weighted by atomic mass is 16.5. The third-order valence-electron chi connectivity index (χ3n) is 5.48. The van der Waals surface area contributed by atoms with E-state index in [2.05, 4.69) is 31.2 Å². The minimum Gasteiger partial charge on any atom is -0.496 e. The van der Waals surface area contributed by atoms with Crippen LogP contribution in [0.1, 0.15) is 36.5 Å². The molecular formula is C23H28N4O2. The summed E-state index contributed by atoms with van der Waals surface area (Å²) >= 11 is 0. The van der Waals surface area contributed by atoms with Crippen molar-refractivity contribution in [2.75, 3.05) is 26.8 Å². The van der Waals surface area contributed by atoms with Crippen LogP contribution in [0.2, 0.25) is 0 Å². The van der Waals surface area contributed by atoms with Crippen molar-refractivity contribution in [3.63, 3.8) is 0 Å². The van der Waals surface area contributed by atoms with E-state index in [1.54, 1.807) is 7.11 Å². The van der Waals surface area contributed by atoms with Gasteiger partial charge >= 0.3 is 0 Å². The molecule has 2 N–H and O–H groups in total. The summed E-state index contributed by atoms with van der Waals surface area (Å²) in [4.78, 5) is 11.9. The van der Waals surface area contributed by atoms with Crippen LogP contribution < -0.4 is 15.2 Å². The maximum absolute atomic E-state index is 6.39. The number of guanidine groups is 1. The third kappa shape index (κ3) is 3.22. The van der Waals surface area contributed by atoms with Gasteiger partial charge < -0.3 is 15.2 Å². The molecule has 0 aliphatic carbocycles. The second kappa shape index (κ2) is 7.78. The second-order valence-corrected chi connectivity index (χ2v) is 7.45. The Morgan fingerprint density at radius 3 is 2.76 bits per heavy atom. The van der Waals surface area contributed by atoms with Crippen LogP contribution in [0, 0.1) is 6.92 Å². The topological polar surface area (TPSA) is 72.4 Å². The number of nitrogens with two attached hydrogens (primary N) is 1. The maximum atomic E-state index is 6.39. The fourth-order valence-electron chi connectivity index (χ4n) is 4.11. The highest BCUT2D eigenvalue weighted by Crippen LogP contribution is 2.43. The number of amidine groups is 1. The molecule has 2 aromatic carbocycles. The quantitative estimate of drug-likeness (QED) is 0.817. The summed E-state index contributed by atoms with van der Waals surface area (Å²) < 4.78 is 11.4. The molecule has 152 valence electrons. The van der Waals surface area contributed by atoms with Crippen molar-refractivity contribution in [2.24, 2.45) is 15.7 Å². The van der Waals surface area contributed by atoms with Crippen molar-refractivity contribution in [1.82, 2.24) is 4.90 Å². The highest BCUT2D eigenvalue weighted by molar-refractivity contribution is 6.12. The van der Waals surface area contributed by atoms with Crippen LogP contribution in [0.4, 0.5) is 0 Å². The lowest BCUT2D eigenvalue weighted by atomic mass is 9.81. The maximum Gasteiger partial charge on any atom is 0.198 e. The summed E-state index contributed by atoms with van der Waals surface area (Å²) in [6.45, 7) is 6.42. The van der Waals surface area contributed by atoms with E-state index in [9.17, 15) is 0 Å². The standard InChI is InChI=1S/C23H28N4O2/c1-4-13-29-19-8-5-7-17(15-19)23(18-9-10-20(28-3)16(2)14-18)21-25-11-6-12-27(21)22(24)26-23/h5,7-10,14-15H,4,6,11-13H2,1-3H3,(H2,24,26). The van der Waals surface area contributed by atoms with E-state index >= 15 is 0 Å². The Morgan fingerprint density at radius 1 is 1.17 bits per heavy atom. The lowest BCUT2D eigenvalue weighted by molar-refractivity contribution is 0.317. The zero-order chi connectivity index (χ0) is 20.4. The molecule has 2 aliphatic rings. The molecule has 0 spiro atoms. The molecule has 0 bridgehead atoms. The van der Waals surface area contributed by atoms with Gasteiger partial charge in [0.2, 0.25) is 0 Å². The van der Waals surface area contributed by atoms with Gasteiger partial charge in [-0.05, 0) is 60.7 Å². The molecule has 0 saturated carbocycles. The molecule has 2 aliphatic heterocycles. The van der Waals surface area contributed by atoms with Crippen LogP contribution >= 0.6 is 0 Å². The average molecular weight is 393 g/mol. The lowest BCUT2D eigenvalue weighted by Gasteiger charge is -2.33. The summed E-state index contributed by atoms with van der Waals surface area (Å²) in [7, 11) is 1.69. The average Bonchev–Trinajstić information content (AvgIpc) is 3.06. The van der Waals surface area contributed by atoms with Gasteiger partial charge in [0.25, 0.3) is 0 Å². The van der Waals surface area contributed by atoms with E-state index in [1.807, 2.05) is 30.0 Å². The van der Waals surface area contributed by atoms with Crippen LogP contribution in [-0.2, 0) is 5.54 Å². The molecule has 0 fully saturated rings. The second-order valence-electron chi connectivity index (χ2n) is 7.45. The van der Waals surface area contributed by atoms with Crippen LogP contribution in [0.15, 0.2) is 52.4 Å². The highest BCUT2D eigenvalue weighted by Gasteiger charge is 2.49. The number of benzene rings is 2.